The van der Waals surface area contributed by atoms with Gasteiger partial charge in [-0.05, 0) is 40.3 Å². The Morgan fingerprint density at radius 3 is 2.36 bits per heavy atom. The Balaban J connectivity index is 1.41. The largest absolute Gasteiger partial charge is 0.377 e. The highest BCUT2D eigenvalue weighted by molar-refractivity contribution is 7.82. The van der Waals surface area contributed by atoms with Crippen molar-refractivity contribution >= 4 is 27.4 Å². The van der Waals surface area contributed by atoms with Crippen LogP contribution < -0.4 is 10.9 Å². The van der Waals surface area contributed by atoms with Crippen molar-refractivity contribution in [2.45, 2.75) is 10.4 Å². The Kier molecular flexibility index (Phi) is 4.63. The summed E-state index contributed by atoms with van der Waals surface area (Å²) in [6.07, 6.45) is 5.64. The van der Waals surface area contributed by atoms with Gasteiger partial charge in [0.2, 0.25) is 0 Å². The van der Waals surface area contributed by atoms with Gasteiger partial charge >= 0.3 is 0 Å². The minimum atomic E-state index is -1.94. The van der Waals surface area contributed by atoms with E-state index in [4.69, 9.17) is 20.6 Å². The van der Waals surface area contributed by atoms with Crippen molar-refractivity contribution in [1.29, 1.82) is 0 Å². The number of ether oxygens (including phenoxy) is 1. The van der Waals surface area contributed by atoms with Crippen molar-refractivity contribution in [3.8, 4) is 22.3 Å². The van der Waals surface area contributed by atoms with Crippen LogP contribution in [-0.2, 0) is 25.5 Å². The quantitative estimate of drug-likeness (QED) is 0.319. The smallest absolute Gasteiger partial charge is 0.182 e. The van der Waals surface area contributed by atoms with Gasteiger partial charge in [-0.25, -0.2) is 9.50 Å². The van der Waals surface area contributed by atoms with Gasteiger partial charge in [0.05, 0.1) is 24.9 Å². The van der Waals surface area contributed by atoms with Crippen molar-refractivity contribution in [3.05, 3.63) is 84.8 Å². The number of rotatable bonds is 4. The van der Waals surface area contributed by atoms with Gasteiger partial charge in [0.15, 0.2) is 21.5 Å². The molecule has 1 atom stereocenters. The molecule has 4 N–H and O–H groups in total. The molecule has 0 amide bonds. The second kappa shape index (κ2) is 7.57. The van der Waals surface area contributed by atoms with E-state index in [-0.39, 0.29) is 5.54 Å². The Hall–Kier alpha value is -3.43. The first-order valence-corrected chi connectivity index (χ1v) is 11.9. The number of thiol groups is 1. The van der Waals surface area contributed by atoms with E-state index in [0.29, 0.717) is 18.1 Å². The van der Waals surface area contributed by atoms with Gasteiger partial charge in [-0.1, -0.05) is 46.7 Å². The molecule has 5 aromatic rings. The molecule has 1 aliphatic rings. The lowest BCUT2D eigenvalue weighted by Crippen LogP contribution is -2.54. The molecule has 8 heteroatoms. The molecular formula is C25H22N5O2S+. The number of nitrogens with two attached hydrogens (primary N) is 2. The summed E-state index contributed by atoms with van der Waals surface area (Å²) in [7, 11) is -1.94. The lowest BCUT2D eigenvalue weighted by molar-refractivity contribution is -0.0569. The van der Waals surface area contributed by atoms with Crippen molar-refractivity contribution in [3.63, 3.8) is 0 Å². The molecule has 7 nitrogen and oxygen atoms in total. The maximum atomic E-state index is 12.0. The second-order valence-electron chi connectivity index (χ2n) is 8.40. The zero-order chi connectivity index (χ0) is 22.6. The molecule has 2 aromatic heterocycles. The summed E-state index contributed by atoms with van der Waals surface area (Å²) in [6.45, 7) is 1.10. The summed E-state index contributed by atoms with van der Waals surface area (Å²) in [4.78, 5) is 5.38. The third-order valence-corrected chi connectivity index (χ3v) is 7.16. The average molecular weight is 457 g/mol. The number of fused-ring (bicyclic) bond motifs is 2. The zero-order valence-electron chi connectivity index (χ0n) is 17.7. The van der Waals surface area contributed by atoms with Gasteiger partial charge < -0.3 is 10.5 Å². The average Bonchev–Trinajstić information content (AvgIpc) is 3.25. The van der Waals surface area contributed by atoms with Crippen molar-refractivity contribution < 1.29 is 8.95 Å². The van der Waals surface area contributed by atoms with Crippen LogP contribution in [0, 0.1) is 0 Å². The predicted molar refractivity (Wildman–Crippen MR) is 130 cm³/mol. The van der Waals surface area contributed by atoms with E-state index in [0.717, 1.165) is 44.2 Å². The minimum Gasteiger partial charge on any atom is -0.377 e. The highest BCUT2D eigenvalue weighted by Gasteiger charge is 2.35. The van der Waals surface area contributed by atoms with Crippen LogP contribution in [0.4, 0.5) is 0 Å². The molecule has 164 valence electrons. The van der Waals surface area contributed by atoms with Gasteiger partial charge in [-0.2, -0.15) is 5.10 Å². The number of hydrogen-bond acceptors (Lipinski definition) is 5. The summed E-state index contributed by atoms with van der Waals surface area (Å²) in [5, 5.41) is 12.1. The molecule has 3 heterocycles. The highest BCUT2D eigenvalue weighted by atomic mass is 32.2. The van der Waals surface area contributed by atoms with Crippen molar-refractivity contribution in [1.82, 2.24) is 14.6 Å². The van der Waals surface area contributed by atoms with E-state index < -0.39 is 11.0 Å². The molecule has 33 heavy (non-hydrogen) atoms. The summed E-state index contributed by atoms with van der Waals surface area (Å²) >= 11 is 0. The van der Waals surface area contributed by atoms with E-state index >= 15 is 0 Å². The molecule has 0 bridgehead atoms. The molecule has 0 radical (unpaired) electrons. The molecule has 6 rings (SSSR count). The predicted octanol–water partition coefficient (Wildman–Crippen LogP) is 3.33. The normalized spacial score (nSPS) is 16.1. The maximum absolute atomic E-state index is 12.0. The lowest BCUT2D eigenvalue weighted by Gasteiger charge is -2.38. The van der Waals surface area contributed by atoms with E-state index in [1.165, 1.54) is 0 Å². The van der Waals surface area contributed by atoms with Gasteiger partial charge in [0.1, 0.15) is 0 Å². The Labute approximate surface area is 192 Å². The third-order valence-electron chi connectivity index (χ3n) is 6.30. The fourth-order valence-corrected chi connectivity index (χ4v) is 5.06. The van der Waals surface area contributed by atoms with Crippen LogP contribution in [0.3, 0.4) is 0 Å². The summed E-state index contributed by atoms with van der Waals surface area (Å²) in [5.41, 5.74) is 11.6. The van der Waals surface area contributed by atoms with Crippen LogP contribution >= 0.6 is 0 Å². The van der Waals surface area contributed by atoms with Crippen molar-refractivity contribution in [2.24, 2.45) is 10.9 Å². The number of aromatic nitrogens is 3. The van der Waals surface area contributed by atoms with Crippen LogP contribution in [0.5, 0.6) is 0 Å². The second-order valence-corrected chi connectivity index (χ2v) is 9.53. The van der Waals surface area contributed by atoms with E-state index in [1.54, 1.807) is 4.52 Å². The Morgan fingerprint density at radius 1 is 0.909 bits per heavy atom. The fraction of sp³-hybridized carbons (Fsp3) is 0.120. The van der Waals surface area contributed by atoms with Crippen LogP contribution in [-0.4, -0.2) is 27.8 Å². The number of benzene rings is 3. The van der Waals surface area contributed by atoms with Crippen LogP contribution in [0.15, 0.2) is 84.1 Å². The first-order valence-electron chi connectivity index (χ1n) is 10.6. The first kappa shape index (κ1) is 20.2. The maximum Gasteiger partial charge on any atom is 0.182 e. The summed E-state index contributed by atoms with van der Waals surface area (Å²) < 4.78 is 19.1. The van der Waals surface area contributed by atoms with Crippen LogP contribution in [0.25, 0.3) is 38.7 Å². The molecule has 1 unspecified atom stereocenters. The fourth-order valence-electron chi connectivity index (χ4n) is 4.41. The van der Waals surface area contributed by atoms with E-state index in [1.807, 2.05) is 67.1 Å². The highest BCUT2D eigenvalue weighted by Crippen LogP contribution is 2.34. The minimum absolute atomic E-state index is 0.382. The molecule has 1 saturated heterocycles. The summed E-state index contributed by atoms with van der Waals surface area (Å²) in [6, 6.07) is 19.8. The Morgan fingerprint density at radius 2 is 1.67 bits per heavy atom. The Bertz CT molecular complexity index is 1540. The van der Waals surface area contributed by atoms with Gasteiger partial charge in [-0.15, -0.1) is 5.14 Å². The first-order chi connectivity index (χ1) is 16.0. The van der Waals surface area contributed by atoms with Crippen molar-refractivity contribution in [2.75, 3.05) is 13.2 Å². The number of hydrogen-bond donors (Lipinski definition) is 2. The van der Waals surface area contributed by atoms with E-state index in [2.05, 4.69) is 17.2 Å². The lowest BCUT2D eigenvalue weighted by atomic mass is 9.88. The molecule has 0 spiro atoms. The zero-order valence-corrected chi connectivity index (χ0v) is 18.6. The topological polar surface area (TPSA) is 109 Å². The monoisotopic (exact) mass is 456 g/mol. The van der Waals surface area contributed by atoms with Crippen LogP contribution in [0.2, 0.25) is 0 Å². The molecule has 0 saturated carbocycles. The molecule has 0 aliphatic carbocycles. The molecule has 3 aromatic carbocycles. The third kappa shape index (κ3) is 3.27. The standard InChI is InChI=1S/C25H21N5O2S/c26-25(14-32-15-25)18-7-5-16(6-8-18)17-11-28-24-22(12-29-30(24)13-17)20-9-10-23(33(27)31)21-4-2-1-3-19(20)21/h1-13H,14-15,26H2,(H2,27,31)/p+1. The van der Waals surface area contributed by atoms with Gasteiger partial charge in [-0.3, -0.25) is 0 Å². The molecule has 1 aliphatic heterocycles. The molecular weight excluding hydrogens is 434 g/mol. The van der Waals surface area contributed by atoms with Gasteiger partial charge in [0, 0.05) is 28.9 Å². The number of nitrogens with zero attached hydrogens (tertiary/aromatic N) is 3. The summed E-state index contributed by atoms with van der Waals surface area (Å²) in [5.74, 6) is 0. The van der Waals surface area contributed by atoms with Gasteiger partial charge in [0.25, 0.3) is 0 Å². The molecule has 1 fully saturated rings. The SMILES string of the molecule is N[SH+](=O)c1ccc(-c2cnn3cc(-c4ccc(C5(N)COC5)cc4)cnc23)c2ccccc12. The van der Waals surface area contributed by atoms with E-state index in [9.17, 15) is 4.21 Å². The van der Waals surface area contributed by atoms with Crippen LogP contribution in [0.1, 0.15) is 5.56 Å².